The van der Waals surface area contributed by atoms with Crippen LogP contribution in [0.1, 0.15) is 26.3 Å². The molecule has 0 saturated carbocycles. The molecule has 4 rings (SSSR count). The van der Waals surface area contributed by atoms with Crippen LogP contribution in [0.4, 0.5) is 0 Å². The first-order valence-electron chi connectivity index (χ1n) is 11.9. The molecule has 8 nitrogen and oxygen atoms in total. The first-order chi connectivity index (χ1) is 18.3. The van der Waals surface area contributed by atoms with Gasteiger partial charge in [0.25, 0.3) is 5.56 Å². The fourth-order valence-corrected chi connectivity index (χ4v) is 4.30. The van der Waals surface area contributed by atoms with Gasteiger partial charge < -0.3 is 14.2 Å². The lowest BCUT2D eigenvalue weighted by atomic mass is 10.2. The fraction of sp³-hybridized carbons (Fsp3) is 0.214. The van der Waals surface area contributed by atoms with Crippen LogP contribution in [0, 0.1) is 0 Å². The van der Waals surface area contributed by atoms with E-state index in [0.717, 1.165) is 5.56 Å². The third-order valence-electron chi connectivity index (χ3n) is 5.26. The van der Waals surface area contributed by atoms with Crippen molar-refractivity contribution in [3.8, 4) is 22.9 Å². The summed E-state index contributed by atoms with van der Waals surface area (Å²) in [4.78, 5) is 30.1. The molecule has 38 heavy (non-hydrogen) atoms. The highest BCUT2D eigenvalue weighted by Crippen LogP contribution is 2.42. The second kappa shape index (κ2) is 12.2. The van der Waals surface area contributed by atoms with Crippen molar-refractivity contribution in [2.45, 2.75) is 26.9 Å². The van der Waals surface area contributed by atoms with E-state index in [2.05, 4.69) is 21.0 Å². The zero-order chi connectivity index (χ0) is 27.2. The minimum absolute atomic E-state index is 0.182. The zero-order valence-electron chi connectivity index (χ0n) is 21.0. The van der Waals surface area contributed by atoms with Crippen LogP contribution in [0.3, 0.4) is 0 Å². The molecule has 0 fully saturated rings. The first-order valence-corrected chi connectivity index (χ1v) is 13.1. The van der Waals surface area contributed by atoms with Gasteiger partial charge in [-0.1, -0.05) is 54.1 Å². The highest BCUT2D eigenvalue weighted by atomic mass is 79.9. The molecule has 0 aliphatic heterocycles. The van der Waals surface area contributed by atoms with E-state index < -0.39 is 5.97 Å². The molecule has 0 bridgehead atoms. The van der Waals surface area contributed by atoms with Crippen LogP contribution in [-0.4, -0.2) is 41.2 Å². The molecule has 0 aliphatic rings. The van der Waals surface area contributed by atoms with Gasteiger partial charge in [-0.2, -0.15) is 9.78 Å². The Hall–Kier alpha value is -3.69. The Labute approximate surface area is 232 Å². The number of fused-ring (bicyclic) bond motifs is 1. The molecule has 1 heterocycles. The highest BCUT2D eigenvalue weighted by molar-refractivity contribution is 9.10. The van der Waals surface area contributed by atoms with Gasteiger partial charge in [-0.25, -0.2) is 9.78 Å². The number of benzene rings is 3. The number of ether oxygens (including phenoxy) is 3. The summed E-state index contributed by atoms with van der Waals surface area (Å²) < 4.78 is 18.2. The van der Waals surface area contributed by atoms with Crippen molar-refractivity contribution in [3.63, 3.8) is 0 Å². The van der Waals surface area contributed by atoms with Crippen molar-refractivity contribution in [1.82, 2.24) is 9.66 Å². The van der Waals surface area contributed by atoms with Crippen LogP contribution >= 0.6 is 27.5 Å². The van der Waals surface area contributed by atoms with Gasteiger partial charge in [0.05, 0.1) is 29.8 Å². The largest absolute Gasteiger partial charge is 0.490 e. The highest BCUT2D eigenvalue weighted by Gasteiger charge is 2.20. The maximum Gasteiger partial charge on any atom is 0.344 e. The molecule has 0 unspecified atom stereocenters. The number of carbonyl (C=O) groups excluding carboxylic acids is 1. The monoisotopic (exact) mass is 597 g/mol. The second-order valence-corrected chi connectivity index (χ2v) is 9.53. The van der Waals surface area contributed by atoms with E-state index in [-0.39, 0.29) is 29.0 Å². The quantitative estimate of drug-likeness (QED) is 0.171. The average Bonchev–Trinajstić information content (AvgIpc) is 2.90. The topological polar surface area (TPSA) is 92.0 Å². The van der Waals surface area contributed by atoms with Gasteiger partial charge in [0.2, 0.25) is 0 Å². The lowest BCUT2D eigenvalue weighted by molar-refractivity contribution is -0.149. The predicted octanol–water partition coefficient (Wildman–Crippen LogP) is 6.09. The molecule has 0 amide bonds. The third-order valence-corrected chi connectivity index (χ3v) is 6.70. The van der Waals surface area contributed by atoms with Crippen LogP contribution in [0.25, 0.3) is 22.3 Å². The summed E-state index contributed by atoms with van der Waals surface area (Å²) in [5, 5.41) is 5.12. The van der Waals surface area contributed by atoms with Crippen molar-refractivity contribution >= 4 is 50.6 Å². The summed E-state index contributed by atoms with van der Waals surface area (Å²) in [5.74, 6) is 0.359. The number of nitrogens with zero attached hydrogens (tertiary/aromatic N) is 3. The van der Waals surface area contributed by atoms with E-state index in [0.29, 0.717) is 39.1 Å². The first kappa shape index (κ1) is 27.3. The summed E-state index contributed by atoms with van der Waals surface area (Å²) in [7, 11) is 0. The Morgan fingerprint density at radius 2 is 1.84 bits per heavy atom. The summed E-state index contributed by atoms with van der Waals surface area (Å²) in [6.07, 6.45) is 1.21. The normalized spacial score (nSPS) is 11.3. The average molecular weight is 599 g/mol. The van der Waals surface area contributed by atoms with Crippen molar-refractivity contribution < 1.29 is 19.0 Å². The number of esters is 1. The van der Waals surface area contributed by atoms with E-state index in [1.165, 1.54) is 10.9 Å². The number of halogens is 2. The van der Waals surface area contributed by atoms with Crippen LogP contribution in [-0.2, 0) is 9.53 Å². The molecule has 1 aromatic heterocycles. The minimum Gasteiger partial charge on any atom is -0.490 e. The van der Waals surface area contributed by atoms with Gasteiger partial charge in [0.1, 0.15) is 5.02 Å². The predicted molar refractivity (Wildman–Crippen MR) is 151 cm³/mol. The molecule has 0 atom stereocenters. The summed E-state index contributed by atoms with van der Waals surface area (Å²) in [6.45, 7) is 5.30. The van der Waals surface area contributed by atoms with Gasteiger partial charge in [-0.05, 0) is 54.9 Å². The van der Waals surface area contributed by atoms with Crippen LogP contribution < -0.4 is 15.0 Å². The number of hydrogen-bond acceptors (Lipinski definition) is 7. The number of hydrogen-bond donors (Lipinski definition) is 0. The molecular weight excluding hydrogens is 574 g/mol. The smallest absolute Gasteiger partial charge is 0.344 e. The molecule has 0 radical (unpaired) electrons. The van der Waals surface area contributed by atoms with Crippen LogP contribution in [0.5, 0.6) is 11.5 Å². The van der Waals surface area contributed by atoms with Crippen molar-refractivity contribution in [1.29, 1.82) is 0 Å². The van der Waals surface area contributed by atoms with Crippen molar-refractivity contribution in [3.05, 3.63) is 86.1 Å². The molecule has 0 saturated heterocycles. The second-order valence-electron chi connectivity index (χ2n) is 8.36. The van der Waals surface area contributed by atoms with Crippen molar-refractivity contribution in [2.75, 3.05) is 13.2 Å². The van der Waals surface area contributed by atoms with Crippen LogP contribution in [0.15, 0.2) is 75.0 Å². The number of aromatic nitrogens is 2. The van der Waals surface area contributed by atoms with Gasteiger partial charge in [-0.15, -0.1) is 0 Å². The lowest BCUT2D eigenvalue weighted by Crippen LogP contribution is -2.20. The SMILES string of the molecule is CCOc1cc(C=Nn2c(-c3ccccc3)nc3ccccc3c2=O)c(Br)c(Cl)c1OCC(=O)OC(C)C. The standard InChI is InChI=1S/C28H25BrClN3O5/c1-4-36-22-14-19(24(29)25(30)26(22)37-16-23(34)38-17(2)3)15-31-33-27(18-10-6-5-7-11-18)32-21-13-9-8-12-20(21)28(33)35/h5-15,17H,4,16H2,1-3H3. The van der Waals surface area contributed by atoms with Gasteiger partial charge >= 0.3 is 5.97 Å². The molecule has 3 aromatic carbocycles. The number of carbonyl (C=O) groups is 1. The summed E-state index contributed by atoms with van der Waals surface area (Å²) >= 11 is 10.1. The van der Waals surface area contributed by atoms with E-state index in [1.807, 2.05) is 43.3 Å². The molecule has 196 valence electrons. The molecular formula is C28H25BrClN3O5. The Balaban J connectivity index is 1.78. The molecule has 0 spiro atoms. The Morgan fingerprint density at radius 1 is 1.13 bits per heavy atom. The van der Waals surface area contributed by atoms with Gasteiger partial charge in [0.15, 0.2) is 23.9 Å². The lowest BCUT2D eigenvalue weighted by Gasteiger charge is -2.16. The minimum atomic E-state index is -0.531. The molecule has 4 aromatic rings. The molecule has 0 aliphatic carbocycles. The van der Waals surface area contributed by atoms with E-state index in [9.17, 15) is 9.59 Å². The molecule has 10 heteroatoms. The summed E-state index contributed by atoms with van der Waals surface area (Å²) in [6, 6.07) is 18.1. The van der Waals surface area contributed by atoms with Crippen LogP contribution in [0.2, 0.25) is 5.02 Å². The van der Waals surface area contributed by atoms with E-state index in [4.69, 9.17) is 30.8 Å². The summed E-state index contributed by atoms with van der Waals surface area (Å²) in [5.41, 5.74) is 1.51. The Bertz CT molecular complexity index is 1550. The third kappa shape index (κ3) is 6.06. The van der Waals surface area contributed by atoms with Gasteiger partial charge in [-0.3, -0.25) is 4.79 Å². The number of rotatable bonds is 9. The fourth-order valence-electron chi connectivity index (χ4n) is 3.65. The maximum absolute atomic E-state index is 13.4. The zero-order valence-corrected chi connectivity index (χ0v) is 23.3. The van der Waals surface area contributed by atoms with Crippen molar-refractivity contribution in [2.24, 2.45) is 5.10 Å². The molecule has 0 N–H and O–H groups in total. The Kier molecular flexibility index (Phi) is 8.81. The van der Waals surface area contributed by atoms with E-state index >= 15 is 0 Å². The Morgan fingerprint density at radius 3 is 2.55 bits per heavy atom. The number of para-hydroxylation sites is 1. The van der Waals surface area contributed by atoms with Gasteiger partial charge in [0, 0.05) is 15.6 Å². The maximum atomic E-state index is 13.4. The van der Waals surface area contributed by atoms with E-state index in [1.54, 1.807) is 38.1 Å².